The standard InChI is InChI=1S/C21H30N2O2S/c1-15-13-26-19(22-15)21(24,14-23-10-6-7-11-23)17-12-16(20(2,3)4)8-9-18(17)25-5/h8-9,12-13,24H,6-7,10-11,14H2,1-5H3. The minimum absolute atomic E-state index is 0.00558. The Hall–Kier alpha value is -1.43. The summed E-state index contributed by atoms with van der Waals surface area (Å²) in [5, 5.41) is 14.7. The first-order chi connectivity index (χ1) is 12.2. The summed E-state index contributed by atoms with van der Waals surface area (Å²) in [6, 6.07) is 6.17. The fourth-order valence-corrected chi connectivity index (χ4v) is 4.48. The van der Waals surface area contributed by atoms with Gasteiger partial charge >= 0.3 is 0 Å². The molecule has 0 radical (unpaired) electrons. The van der Waals surface area contributed by atoms with E-state index >= 15 is 0 Å². The molecule has 1 aliphatic heterocycles. The van der Waals surface area contributed by atoms with Crippen LogP contribution >= 0.6 is 11.3 Å². The van der Waals surface area contributed by atoms with E-state index < -0.39 is 5.60 Å². The average molecular weight is 375 g/mol. The van der Waals surface area contributed by atoms with E-state index in [9.17, 15) is 5.11 Å². The number of methoxy groups -OCH3 is 1. The van der Waals surface area contributed by atoms with Crippen LogP contribution in [0.2, 0.25) is 0 Å². The van der Waals surface area contributed by atoms with Crippen molar-refractivity contribution in [1.29, 1.82) is 0 Å². The zero-order valence-corrected chi connectivity index (χ0v) is 17.3. The van der Waals surface area contributed by atoms with Gasteiger partial charge in [0.15, 0.2) is 5.60 Å². The summed E-state index contributed by atoms with van der Waals surface area (Å²) in [7, 11) is 1.67. The fourth-order valence-electron chi connectivity index (χ4n) is 3.57. The molecular weight excluding hydrogens is 344 g/mol. The Morgan fingerprint density at radius 1 is 1.23 bits per heavy atom. The SMILES string of the molecule is COc1ccc(C(C)(C)C)cc1C(O)(CN1CCCC1)c1nc(C)cs1. The second-order valence-corrected chi connectivity index (χ2v) is 9.16. The smallest absolute Gasteiger partial charge is 0.157 e. The van der Waals surface area contributed by atoms with E-state index in [0.29, 0.717) is 12.3 Å². The van der Waals surface area contributed by atoms with Crippen LogP contribution in [0.5, 0.6) is 5.75 Å². The zero-order chi connectivity index (χ0) is 18.9. The Morgan fingerprint density at radius 2 is 1.92 bits per heavy atom. The van der Waals surface area contributed by atoms with E-state index in [4.69, 9.17) is 4.74 Å². The van der Waals surface area contributed by atoms with Crippen LogP contribution in [0.1, 0.15) is 55.4 Å². The monoisotopic (exact) mass is 374 g/mol. The topological polar surface area (TPSA) is 45.6 Å². The van der Waals surface area contributed by atoms with Crippen LogP contribution < -0.4 is 4.74 Å². The van der Waals surface area contributed by atoms with Crippen molar-refractivity contribution in [3.63, 3.8) is 0 Å². The summed E-state index contributed by atoms with van der Waals surface area (Å²) in [5.74, 6) is 0.715. The summed E-state index contributed by atoms with van der Waals surface area (Å²) in [6.07, 6.45) is 2.37. The second kappa shape index (κ2) is 7.29. The Labute approximate surface area is 160 Å². The third kappa shape index (κ3) is 3.80. The molecule has 142 valence electrons. The van der Waals surface area contributed by atoms with Crippen LogP contribution in [0.25, 0.3) is 0 Å². The molecule has 1 aromatic heterocycles. The van der Waals surface area contributed by atoms with Crippen molar-refractivity contribution in [3.8, 4) is 5.75 Å². The molecule has 0 spiro atoms. The lowest BCUT2D eigenvalue weighted by Gasteiger charge is -2.33. The number of β-amino-alcohol motifs (C(OH)–C–C–N with tert-alkyl or cyclic N) is 1. The minimum Gasteiger partial charge on any atom is -0.496 e. The molecule has 1 saturated heterocycles. The summed E-state index contributed by atoms with van der Waals surface area (Å²) >= 11 is 1.52. The van der Waals surface area contributed by atoms with Crippen LogP contribution in [0.15, 0.2) is 23.6 Å². The molecule has 3 rings (SSSR count). The number of likely N-dealkylation sites (tertiary alicyclic amines) is 1. The summed E-state index contributed by atoms with van der Waals surface area (Å²) in [4.78, 5) is 6.99. The summed E-state index contributed by atoms with van der Waals surface area (Å²) in [5.41, 5.74) is 1.76. The van der Waals surface area contributed by atoms with Gasteiger partial charge in [0, 0.05) is 23.2 Å². The van der Waals surface area contributed by atoms with E-state index in [0.717, 1.165) is 29.4 Å². The molecule has 5 heteroatoms. The molecule has 1 aliphatic rings. The number of aryl methyl sites for hydroxylation is 1. The highest BCUT2D eigenvalue weighted by Crippen LogP contribution is 2.40. The van der Waals surface area contributed by atoms with Crippen LogP contribution in [0, 0.1) is 6.92 Å². The number of nitrogens with zero attached hydrogens (tertiary/aromatic N) is 2. The van der Waals surface area contributed by atoms with Gasteiger partial charge in [0.05, 0.1) is 7.11 Å². The first-order valence-electron chi connectivity index (χ1n) is 9.30. The molecule has 26 heavy (non-hydrogen) atoms. The van der Waals surface area contributed by atoms with E-state index in [-0.39, 0.29) is 5.41 Å². The number of aliphatic hydroxyl groups is 1. The van der Waals surface area contributed by atoms with Gasteiger partial charge in [-0.2, -0.15) is 0 Å². The van der Waals surface area contributed by atoms with Crippen molar-refractivity contribution in [1.82, 2.24) is 9.88 Å². The van der Waals surface area contributed by atoms with Crippen LogP contribution in [-0.2, 0) is 11.0 Å². The van der Waals surface area contributed by atoms with Gasteiger partial charge in [0.1, 0.15) is 10.8 Å². The number of ether oxygens (including phenoxy) is 1. The van der Waals surface area contributed by atoms with Crippen molar-refractivity contribution in [2.24, 2.45) is 0 Å². The highest BCUT2D eigenvalue weighted by atomic mass is 32.1. The van der Waals surface area contributed by atoms with Gasteiger partial charge < -0.3 is 9.84 Å². The highest BCUT2D eigenvalue weighted by molar-refractivity contribution is 7.09. The molecule has 0 aliphatic carbocycles. The van der Waals surface area contributed by atoms with Gasteiger partial charge in [0.25, 0.3) is 0 Å². The lowest BCUT2D eigenvalue weighted by atomic mass is 9.82. The van der Waals surface area contributed by atoms with Crippen molar-refractivity contribution in [3.05, 3.63) is 45.4 Å². The van der Waals surface area contributed by atoms with Gasteiger partial charge in [0.2, 0.25) is 0 Å². The van der Waals surface area contributed by atoms with Crippen molar-refractivity contribution >= 4 is 11.3 Å². The predicted molar refractivity (Wildman–Crippen MR) is 107 cm³/mol. The number of hydrogen-bond donors (Lipinski definition) is 1. The van der Waals surface area contributed by atoms with Gasteiger partial charge in [-0.05, 0) is 56.0 Å². The number of rotatable bonds is 5. The maximum absolute atomic E-state index is 12.0. The van der Waals surface area contributed by atoms with Crippen molar-refractivity contribution < 1.29 is 9.84 Å². The Balaban J connectivity index is 2.14. The molecule has 1 unspecified atom stereocenters. The highest BCUT2D eigenvalue weighted by Gasteiger charge is 2.40. The number of thiazole rings is 1. The quantitative estimate of drug-likeness (QED) is 0.856. The molecule has 0 saturated carbocycles. The third-order valence-corrected chi connectivity index (χ3v) is 6.25. The summed E-state index contributed by atoms with van der Waals surface area (Å²) < 4.78 is 5.65. The van der Waals surface area contributed by atoms with E-state index in [1.54, 1.807) is 7.11 Å². The Bertz CT molecular complexity index is 760. The van der Waals surface area contributed by atoms with Crippen molar-refractivity contribution in [2.45, 2.75) is 51.6 Å². The number of benzene rings is 1. The van der Waals surface area contributed by atoms with Crippen LogP contribution in [0.3, 0.4) is 0 Å². The van der Waals surface area contributed by atoms with Crippen LogP contribution in [-0.4, -0.2) is 41.7 Å². The molecule has 2 heterocycles. The van der Waals surface area contributed by atoms with Gasteiger partial charge in [-0.15, -0.1) is 11.3 Å². The second-order valence-electron chi connectivity index (χ2n) is 8.30. The largest absolute Gasteiger partial charge is 0.496 e. The van der Waals surface area contributed by atoms with Gasteiger partial charge in [-0.25, -0.2) is 4.98 Å². The molecule has 1 fully saturated rings. The maximum Gasteiger partial charge on any atom is 0.157 e. The molecule has 1 aromatic carbocycles. The van der Waals surface area contributed by atoms with E-state index in [2.05, 4.69) is 42.8 Å². The number of aromatic nitrogens is 1. The molecule has 2 aromatic rings. The predicted octanol–water partition coefficient (Wildman–Crippen LogP) is 4.09. The lowest BCUT2D eigenvalue weighted by molar-refractivity contribution is 0.0407. The third-order valence-electron chi connectivity index (χ3n) is 5.14. The minimum atomic E-state index is -1.17. The van der Waals surface area contributed by atoms with Gasteiger partial charge in [-0.1, -0.05) is 26.8 Å². The van der Waals surface area contributed by atoms with Crippen molar-refractivity contribution in [2.75, 3.05) is 26.7 Å². The van der Waals surface area contributed by atoms with Crippen LogP contribution in [0.4, 0.5) is 0 Å². The normalized spacial score (nSPS) is 18.1. The summed E-state index contributed by atoms with van der Waals surface area (Å²) in [6.45, 7) is 11.1. The lowest BCUT2D eigenvalue weighted by Crippen LogP contribution is -2.41. The first-order valence-corrected chi connectivity index (χ1v) is 10.2. The Kier molecular flexibility index (Phi) is 5.42. The maximum atomic E-state index is 12.0. The van der Waals surface area contributed by atoms with E-state index in [1.807, 2.05) is 18.4 Å². The zero-order valence-electron chi connectivity index (χ0n) is 16.5. The molecule has 0 amide bonds. The fraction of sp³-hybridized carbons (Fsp3) is 0.571. The van der Waals surface area contributed by atoms with Gasteiger partial charge in [-0.3, -0.25) is 4.90 Å². The molecule has 1 N–H and O–H groups in total. The number of hydrogen-bond acceptors (Lipinski definition) is 5. The van der Waals surface area contributed by atoms with E-state index in [1.165, 1.54) is 29.7 Å². The molecule has 4 nitrogen and oxygen atoms in total. The molecule has 1 atom stereocenters. The Morgan fingerprint density at radius 3 is 2.46 bits per heavy atom. The molecule has 0 bridgehead atoms. The molecular formula is C21H30N2O2S. The average Bonchev–Trinajstić information content (AvgIpc) is 3.25. The first kappa shape index (κ1) is 19.3.